The summed E-state index contributed by atoms with van der Waals surface area (Å²) in [6, 6.07) is 10.2. The van der Waals surface area contributed by atoms with Crippen molar-refractivity contribution in [3.63, 3.8) is 0 Å². The summed E-state index contributed by atoms with van der Waals surface area (Å²) < 4.78 is 0. The molecular weight excluding hydrogens is 212 g/mol. The highest BCUT2D eigenvalue weighted by atomic mass is 16.3. The van der Waals surface area contributed by atoms with Gasteiger partial charge < -0.3 is 10.2 Å². The fourth-order valence-corrected chi connectivity index (χ4v) is 2.42. The molecule has 2 nitrogen and oxygen atoms in total. The van der Waals surface area contributed by atoms with E-state index in [2.05, 4.69) is 12.1 Å². The third-order valence-electron chi connectivity index (χ3n) is 3.72. The minimum atomic E-state index is -0.652. The van der Waals surface area contributed by atoms with Crippen LogP contribution in [0.4, 0.5) is 0 Å². The van der Waals surface area contributed by atoms with Crippen LogP contribution < -0.4 is 0 Å². The largest absolute Gasteiger partial charge is 0.390 e. The maximum Gasteiger partial charge on any atom is 0.0850 e. The van der Waals surface area contributed by atoms with Gasteiger partial charge in [0.05, 0.1) is 12.2 Å². The van der Waals surface area contributed by atoms with Gasteiger partial charge in [0.25, 0.3) is 0 Å². The average molecular weight is 234 g/mol. The molecule has 1 saturated carbocycles. The fourth-order valence-electron chi connectivity index (χ4n) is 2.42. The number of rotatable bonds is 3. The van der Waals surface area contributed by atoms with Crippen molar-refractivity contribution in [2.45, 2.75) is 45.3 Å². The summed E-state index contributed by atoms with van der Waals surface area (Å²) in [4.78, 5) is 0. The Morgan fingerprint density at radius 1 is 1.12 bits per heavy atom. The van der Waals surface area contributed by atoms with Crippen molar-refractivity contribution in [1.29, 1.82) is 0 Å². The third kappa shape index (κ3) is 2.70. The van der Waals surface area contributed by atoms with Crippen LogP contribution in [0.5, 0.6) is 0 Å². The molecule has 0 aromatic heterocycles. The van der Waals surface area contributed by atoms with Crippen LogP contribution in [0.3, 0.4) is 0 Å². The molecule has 17 heavy (non-hydrogen) atoms. The van der Waals surface area contributed by atoms with Gasteiger partial charge in [-0.3, -0.25) is 0 Å². The molecule has 4 unspecified atom stereocenters. The van der Waals surface area contributed by atoms with Crippen LogP contribution in [0, 0.1) is 11.3 Å². The lowest BCUT2D eigenvalue weighted by molar-refractivity contribution is -0.0546. The molecule has 0 bridgehead atoms. The minimum Gasteiger partial charge on any atom is -0.390 e. The van der Waals surface area contributed by atoms with Gasteiger partial charge in [-0.05, 0) is 29.2 Å². The van der Waals surface area contributed by atoms with Crippen molar-refractivity contribution >= 4 is 0 Å². The van der Waals surface area contributed by atoms with E-state index >= 15 is 0 Å². The van der Waals surface area contributed by atoms with Crippen molar-refractivity contribution in [3.8, 4) is 0 Å². The summed E-state index contributed by atoms with van der Waals surface area (Å²) in [6.45, 7) is 5.88. The van der Waals surface area contributed by atoms with Gasteiger partial charge in [0.2, 0.25) is 0 Å². The lowest BCUT2D eigenvalue weighted by atomic mass is 9.84. The Balaban J connectivity index is 1.99. The van der Waals surface area contributed by atoms with Crippen LogP contribution in [-0.4, -0.2) is 22.4 Å². The number of aliphatic hydroxyl groups is 2. The Morgan fingerprint density at radius 2 is 1.71 bits per heavy atom. The van der Waals surface area contributed by atoms with Crippen LogP contribution in [0.25, 0.3) is 0 Å². The molecule has 2 heteroatoms. The smallest absolute Gasteiger partial charge is 0.0850 e. The highest BCUT2D eigenvalue weighted by Gasteiger charge is 2.47. The van der Waals surface area contributed by atoms with Gasteiger partial charge in [-0.15, -0.1) is 0 Å². The molecule has 1 aliphatic rings. The Kier molecular flexibility index (Phi) is 3.28. The van der Waals surface area contributed by atoms with E-state index in [4.69, 9.17) is 0 Å². The third-order valence-corrected chi connectivity index (χ3v) is 3.72. The number of hydrogen-bond acceptors (Lipinski definition) is 2. The van der Waals surface area contributed by atoms with Gasteiger partial charge in [-0.2, -0.15) is 0 Å². The van der Waals surface area contributed by atoms with Crippen molar-refractivity contribution in [1.82, 2.24) is 0 Å². The van der Waals surface area contributed by atoms with E-state index in [1.165, 1.54) is 5.56 Å². The zero-order chi connectivity index (χ0) is 12.6. The lowest BCUT2D eigenvalue weighted by Crippen LogP contribution is -2.39. The lowest BCUT2D eigenvalue weighted by Gasteiger charge is -2.30. The standard InChI is InChI=1S/C15H22O2/c1-15(2,3)14(17)13(16)12-9-11(12)10-7-5-4-6-8-10/h4-8,11-14,16-17H,9H2,1-3H3. The second kappa shape index (κ2) is 4.43. The summed E-state index contributed by atoms with van der Waals surface area (Å²) in [6.07, 6.45) is -0.278. The van der Waals surface area contributed by atoms with Gasteiger partial charge in [0.1, 0.15) is 0 Å². The van der Waals surface area contributed by atoms with Gasteiger partial charge >= 0.3 is 0 Å². The number of benzene rings is 1. The highest BCUT2D eigenvalue weighted by molar-refractivity contribution is 5.26. The fraction of sp³-hybridized carbons (Fsp3) is 0.600. The SMILES string of the molecule is CC(C)(C)C(O)C(O)C1CC1c1ccccc1. The van der Waals surface area contributed by atoms with Gasteiger partial charge in [-0.25, -0.2) is 0 Å². The van der Waals surface area contributed by atoms with E-state index in [1.807, 2.05) is 39.0 Å². The summed E-state index contributed by atoms with van der Waals surface area (Å²) in [5.41, 5.74) is 1.01. The zero-order valence-corrected chi connectivity index (χ0v) is 10.8. The minimum absolute atomic E-state index is 0.214. The molecule has 2 rings (SSSR count). The predicted molar refractivity (Wildman–Crippen MR) is 68.8 cm³/mol. The summed E-state index contributed by atoms with van der Waals surface area (Å²) >= 11 is 0. The molecule has 1 aliphatic carbocycles. The van der Waals surface area contributed by atoms with E-state index in [0.717, 1.165) is 6.42 Å². The molecule has 1 aromatic rings. The van der Waals surface area contributed by atoms with Crippen molar-refractivity contribution in [3.05, 3.63) is 35.9 Å². The van der Waals surface area contributed by atoms with E-state index in [9.17, 15) is 10.2 Å². The first-order valence-corrected chi connectivity index (χ1v) is 6.32. The molecule has 0 spiro atoms. The van der Waals surface area contributed by atoms with Gasteiger partial charge in [-0.1, -0.05) is 51.1 Å². The van der Waals surface area contributed by atoms with Crippen LogP contribution in [0.15, 0.2) is 30.3 Å². The predicted octanol–water partition coefficient (Wildman–Crippen LogP) is 2.56. The van der Waals surface area contributed by atoms with E-state index < -0.39 is 12.2 Å². The topological polar surface area (TPSA) is 40.5 Å². The van der Waals surface area contributed by atoms with Crippen molar-refractivity contribution < 1.29 is 10.2 Å². The van der Waals surface area contributed by atoms with E-state index in [-0.39, 0.29) is 11.3 Å². The molecule has 1 fully saturated rings. The molecule has 4 atom stereocenters. The molecule has 2 N–H and O–H groups in total. The summed E-state index contributed by atoms with van der Waals surface area (Å²) in [5.74, 6) is 0.634. The van der Waals surface area contributed by atoms with Crippen molar-refractivity contribution in [2.24, 2.45) is 11.3 Å². The number of hydrogen-bond donors (Lipinski definition) is 2. The second-order valence-electron chi connectivity index (χ2n) is 6.22. The number of aliphatic hydroxyl groups excluding tert-OH is 2. The molecule has 0 aliphatic heterocycles. The van der Waals surface area contributed by atoms with Gasteiger partial charge in [0.15, 0.2) is 0 Å². The van der Waals surface area contributed by atoms with Gasteiger partial charge in [0, 0.05) is 0 Å². The van der Waals surface area contributed by atoms with E-state index in [0.29, 0.717) is 5.92 Å². The quantitative estimate of drug-likeness (QED) is 0.844. The molecule has 0 heterocycles. The molecule has 0 saturated heterocycles. The molecule has 0 radical (unpaired) electrons. The van der Waals surface area contributed by atoms with E-state index in [1.54, 1.807) is 0 Å². The van der Waals surface area contributed by atoms with Crippen LogP contribution >= 0.6 is 0 Å². The Morgan fingerprint density at radius 3 is 2.24 bits per heavy atom. The normalized spacial score (nSPS) is 27.6. The Bertz CT molecular complexity index is 366. The maximum atomic E-state index is 10.2. The van der Waals surface area contributed by atoms with Crippen LogP contribution in [0.2, 0.25) is 0 Å². The first-order chi connectivity index (χ1) is 7.91. The average Bonchev–Trinajstić information content (AvgIpc) is 3.07. The van der Waals surface area contributed by atoms with Crippen LogP contribution in [-0.2, 0) is 0 Å². The van der Waals surface area contributed by atoms with Crippen molar-refractivity contribution in [2.75, 3.05) is 0 Å². The summed E-state index contributed by atoms with van der Waals surface area (Å²) in [5, 5.41) is 20.3. The molecular formula is C15H22O2. The first kappa shape index (κ1) is 12.6. The summed E-state index contributed by atoms with van der Waals surface area (Å²) in [7, 11) is 0. The highest BCUT2D eigenvalue weighted by Crippen LogP contribution is 2.51. The second-order valence-corrected chi connectivity index (χ2v) is 6.22. The molecule has 0 amide bonds. The molecule has 1 aromatic carbocycles. The Hall–Kier alpha value is -0.860. The zero-order valence-electron chi connectivity index (χ0n) is 10.8. The first-order valence-electron chi connectivity index (χ1n) is 6.32. The maximum absolute atomic E-state index is 10.2. The van der Waals surface area contributed by atoms with Crippen LogP contribution in [0.1, 0.15) is 38.7 Å². The molecule has 94 valence electrons. The Labute approximate surface area is 103 Å². The monoisotopic (exact) mass is 234 g/mol.